The van der Waals surface area contributed by atoms with Crippen molar-refractivity contribution in [2.45, 2.75) is 39.2 Å². The molecule has 0 radical (unpaired) electrons. The molecule has 2 aliphatic heterocycles. The average Bonchev–Trinajstić information content (AvgIpc) is 3.12. The van der Waals surface area contributed by atoms with Gasteiger partial charge in [-0.05, 0) is 43.2 Å². The summed E-state index contributed by atoms with van der Waals surface area (Å²) < 4.78 is 0. The second-order valence-corrected chi connectivity index (χ2v) is 7.09. The number of aromatic amines is 1. The van der Waals surface area contributed by atoms with Crippen molar-refractivity contribution in [3.05, 3.63) is 23.5 Å². The van der Waals surface area contributed by atoms with Gasteiger partial charge in [0.15, 0.2) is 0 Å². The monoisotopic (exact) mass is 333 g/mol. The number of piperidine rings is 1. The van der Waals surface area contributed by atoms with Crippen molar-refractivity contribution in [3.63, 3.8) is 0 Å². The van der Waals surface area contributed by atoms with Gasteiger partial charge >= 0.3 is 5.97 Å². The molecule has 3 heterocycles. The third-order valence-corrected chi connectivity index (χ3v) is 5.37. The normalized spacial score (nSPS) is 22.8. The van der Waals surface area contributed by atoms with Gasteiger partial charge in [-0.25, -0.2) is 4.79 Å². The van der Waals surface area contributed by atoms with E-state index in [9.17, 15) is 19.5 Å². The number of carboxylic acid groups (broad SMARTS) is 1. The van der Waals surface area contributed by atoms with Crippen LogP contribution in [0.2, 0.25) is 0 Å². The Morgan fingerprint density at radius 3 is 2.42 bits per heavy atom. The molecule has 1 aromatic rings. The van der Waals surface area contributed by atoms with Crippen LogP contribution in [-0.4, -0.2) is 63.4 Å². The van der Waals surface area contributed by atoms with Gasteiger partial charge in [-0.1, -0.05) is 0 Å². The molecule has 1 atom stereocenters. The number of carbonyl (C=O) groups is 3. The van der Waals surface area contributed by atoms with Gasteiger partial charge in [0.05, 0.1) is 0 Å². The van der Waals surface area contributed by atoms with Crippen LogP contribution < -0.4 is 0 Å². The summed E-state index contributed by atoms with van der Waals surface area (Å²) in [5.41, 5.74) is 1.42. The number of carbonyl (C=O) groups excluding carboxylic acids is 2. The fourth-order valence-corrected chi connectivity index (χ4v) is 3.95. The first-order valence-corrected chi connectivity index (χ1v) is 8.26. The first kappa shape index (κ1) is 16.5. The quantitative estimate of drug-likeness (QED) is 0.852. The van der Waals surface area contributed by atoms with Gasteiger partial charge in [0.2, 0.25) is 5.91 Å². The molecule has 1 unspecified atom stereocenters. The molecule has 0 bridgehead atoms. The van der Waals surface area contributed by atoms with Crippen LogP contribution in [0.4, 0.5) is 0 Å². The van der Waals surface area contributed by atoms with Gasteiger partial charge in [0.1, 0.15) is 11.7 Å². The molecule has 3 rings (SSSR count). The number of nitrogens with one attached hydrogen (secondary N) is 1. The van der Waals surface area contributed by atoms with Gasteiger partial charge < -0.3 is 19.9 Å². The highest BCUT2D eigenvalue weighted by Crippen LogP contribution is 2.43. The Morgan fingerprint density at radius 2 is 1.96 bits per heavy atom. The molecule has 1 aromatic heterocycles. The van der Waals surface area contributed by atoms with E-state index in [-0.39, 0.29) is 17.2 Å². The van der Waals surface area contributed by atoms with Crippen molar-refractivity contribution < 1.29 is 19.5 Å². The highest BCUT2D eigenvalue weighted by Gasteiger charge is 2.49. The van der Waals surface area contributed by atoms with E-state index in [1.54, 1.807) is 6.20 Å². The van der Waals surface area contributed by atoms with E-state index in [2.05, 4.69) is 4.98 Å². The largest absolute Gasteiger partial charge is 0.480 e. The van der Waals surface area contributed by atoms with E-state index >= 15 is 0 Å². The van der Waals surface area contributed by atoms with Gasteiger partial charge in [0.25, 0.3) is 5.91 Å². The summed E-state index contributed by atoms with van der Waals surface area (Å²) >= 11 is 0. The molecule has 7 heteroatoms. The summed E-state index contributed by atoms with van der Waals surface area (Å²) in [4.78, 5) is 41.9. The maximum absolute atomic E-state index is 12.5. The molecule has 130 valence electrons. The van der Waals surface area contributed by atoms with Crippen molar-refractivity contribution in [1.82, 2.24) is 14.8 Å². The van der Waals surface area contributed by atoms with Crippen molar-refractivity contribution in [2.24, 2.45) is 5.41 Å². The number of aryl methyl sites for hydroxylation is 1. The third-order valence-electron chi connectivity index (χ3n) is 5.37. The Labute approximate surface area is 140 Å². The van der Waals surface area contributed by atoms with E-state index in [1.165, 1.54) is 11.8 Å². The van der Waals surface area contributed by atoms with E-state index in [4.69, 9.17) is 0 Å². The summed E-state index contributed by atoms with van der Waals surface area (Å²) in [6, 6.07) is 1.09. The minimum absolute atomic E-state index is 0.0193. The lowest BCUT2D eigenvalue weighted by atomic mass is 9.76. The van der Waals surface area contributed by atoms with Crippen LogP contribution in [0.3, 0.4) is 0 Å². The summed E-state index contributed by atoms with van der Waals surface area (Å²) in [7, 11) is 0. The van der Waals surface area contributed by atoms with Crippen LogP contribution >= 0.6 is 0 Å². The number of hydrogen-bond donors (Lipinski definition) is 2. The fourth-order valence-electron chi connectivity index (χ4n) is 3.95. The summed E-state index contributed by atoms with van der Waals surface area (Å²) in [5, 5.41) is 9.38. The molecule has 24 heavy (non-hydrogen) atoms. The maximum atomic E-state index is 12.5. The number of likely N-dealkylation sites (tertiary alicyclic amines) is 2. The van der Waals surface area contributed by atoms with Crippen molar-refractivity contribution in [1.29, 1.82) is 0 Å². The van der Waals surface area contributed by atoms with Gasteiger partial charge in [-0.3, -0.25) is 9.59 Å². The SMILES string of the molecule is CC(=O)N1CC2(CCN(C(=O)c3cc(C)c[nH]3)CC2)CC1C(=O)O. The van der Waals surface area contributed by atoms with Gasteiger partial charge in [-0.15, -0.1) is 0 Å². The number of nitrogens with zero attached hydrogens (tertiary/aromatic N) is 2. The zero-order chi connectivity index (χ0) is 17.5. The third kappa shape index (κ3) is 2.90. The van der Waals surface area contributed by atoms with Crippen LogP contribution in [0.25, 0.3) is 0 Å². The molecule has 2 saturated heterocycles. The maximum Gasteiger partial charge on any atom is 0.326 e. The Morgan fingerprint density at radius 1 is 1.29 bits per heavy atom. The van der Waals surface area contributed by atoms with Crippen LogP contribution in [0, 0.1) is 12.3 Å². The molecule has 2 N–H and O–H groups in total. The Hall–Kier alpha value is -2.31. The van der Waals surface area contributed by atoms with Crippen molar-refractivity contribution >= 4 is 17.8 Å². The van der Waals surface area contributed by atoms with E-state index in [0.29, 0.717) is 31.7 Å². The predicted molar refractivity (Wildman–Crippen MR) is 86.5 cm³/mol. The Balaban J connectivity index is 1.67. The first-order valence-electron chi connectivity index (χ1n) is 8.26. The molecule has 0 aliphatic carbocycles. The lowest BCUT2D eigenvalue weighted by Crippen LogP contribution is -2.44. The zero-order valence-corrected chi connectivity index (χ0v) is 14.0. The highest BCUT2D eigenvalue weighted by atomic mass is 16.4. The number of carboxylic acids is 1. The molecule has 2 aliphatic rings. The number of amides is 2. The summed E-state index contributed by atoms with van der Waals surface area (Å²) in [6.45, 7) is 5.01. The second-order valence-electron chi connectivity index (χ2n) is 7.09. The second kappa shape index (κ2) is 5.96. The number of aliphatic carboxylic acids is 1. The average molecular weight is 333 g/mol. The molecule has 0 saturated carbocycles. The molecule has 2 fully saturated rings. The standard InChI is InChI=1S/C17H23N3O4/c1-11-7-13(18-9-11)15(22)19-5-3-17(4-6-19)8-14(16(23)24)20(10-17)12(2)21/h7,9,14,18H,3-6,8,10H2,1-2H3,(H,23,24). The lowest BCUT2D eigenvalue weighted by Gasteiger charge is -2.39. The smallest absolute Gasteiger partial charge is 0.326 e. The van der Waals surface area contributed by atoms with Crippen LogP contribution in [0.15, 0.2) is 12.3 Å². The van der Waals surface area contributed by atoms with Crippen LogP contribution in [0.5, 0.6) is 0 Å². The topological polar surface area (TPSA) is 93.7 Å². The van der Waals surface area contributed by atoms with E-state index in [1.807, 2.05) is 17.9 Å². The number of H-pyrrole nitrogens is 1. The lowest BCUT2D eigenvalue weighted by molar-refractivity contribution is -0.147. The first-order chi connectivity index (χ1) is 11.3. The molecular formula is C17H23N3O4. The van der Waals surface area contributed by atoms with Crippen molar-refractivity contribution in [3.8, 4) is 0 Å². The molecule has 2 amide bonds. The Bertz CT molecular complexity index is 649. The van der Waals surface area contributed by atoms with Gasteiger partial charge in [-0.2, -0.15) is 0 Å². The van der Waals surface area contributed by atoms with Crippen LogP contribution in [-0.2, 0) is 9.59 Å². The molecule has 1 spiro atoms. The summed E-state index contributed by atoms with van der Waals surface area (Å²) in [6.07, 6.45) is 3.74. The number of rotatable bonds is 2. The van der Waals surface area contributed by atoms with E-state index < -0.39 is 12.0 Å². The highest BCUT2D eigenvalue weighted by molar-refractivity contribution is 5.92. The van der Waals surface area contributed by atoms with Crippen LogP contribution in [0.1, 0.15) is 42.2 Å². The molecule has 7 nitrogen and oxygen atoms in total. The van der Waals surface area contributed by atoms with E-state index in [0.717, 1.165) is 18.4 Å². The van der Waals surface area contributed by atoms with Gasteiger partial charge in [0, 0.05) is 32.8 Å². The molecule has 0 aromatic carbocycles. The zero-order valence-electron chi connectivity index (χ0n) is 14.0. The molecular weight excluding hydrogens is 310 g/mol. The number of aromatic nitrogens is 1. The minimum Gasteiger partial charge on any atom is -0.480 e. The Kier molecular flexibility index (Phi) is 4.11. The number of hydrogen-bond acceptors (Lipinski definition) is 3. The minimum atomic E-state index is -0.942. The van der Waals surface area contributed by atoms with Crippen molar-refractivity contribution in [2.75, 3.05) is 19.6 Å². The summed E-state index contributed by atoms with van der Waals surface area (Å²) in [5.74, 6) is -1.16. The predicted octanol–water partition coefficient (Wildman–Crippen LogP) is 1.25. The fraction of sp³-hybridized carbons (Fsp3) is 0.588.